The van der Waals surface area contributed by atoms with Crippen molar-refractivity contribution < 1.29 is 4.74 Å². The zero-order valence-electron chi connectivity index (χ0n) is 12.1. The van der Waals surface area contributed by atoms with Gasteiger partial charge in [0.25, 0.3) is 0 Å². The third kappa shape index (κ3) is 3.98. The number of nitrogens with zero attached hydrogens (tertiary/aromatic N) is 2. The van der Waals surface area contributed by atoms with E-state index < -0.39 is 0 Å². The molecule has 1 unspecified atom stereocenters. The number of aromatic nitrogens is 2. The molecule has 1 atom stereocenters. The standard InChI is InChI=1S/C15H19Cl2N3O/c1-3-18-14(11-5-4-6-12(16)9-11)15-13(17)10-19-20(15)7-8-21-2/h4-6,9-10,14,18H,3,7-8H2,1-2H3. The minimum Gasteiger partial charge on any atom is -0.383 e. The van der Waals surface area contributed by atoms with Crippen LogP contribution in [-0.4, -0.2) is 30.0 Å². The second-order valence-electron chi connectivity index (χ2n) is 4.64. The zero-order chi connectivity index (χ0) is 15.2. The topological polar surface area (TPSA) is 39.1 Å². The third-order valence-electron chi connectivity index (χ3n) is 3.20. The summed E-state index contributed by atoms with van der Waals surface area (Å²) in [6.07, 6.45) is 1.67. The van der Waals surface area contributed by atoms with Gasteiger partial charge in [-0.1, -0.05) is 42.3 Å². The molecule has 1 aromatic heterocycles. The minimum absolute atomic E-state index is 0.0550. The van der Waals surface area contributed by atoms with E-state index >= 15 is 0 Å². The molecule has 0 spiro atoms. The van der Waals surface area contributed by atoms with Crippen molar-refractivity contribution in [2.75, 3.05) is 20.3 Å². The lowest BCUT2D eigenvalue weighted by Gasteiger charge is -2.21. The average Bonchev–Trinajstić information content (AvgIpc) is 2.83. The van der Waals surface area contributed by atoms with Crippen LogP contribution in [0.25, 0.3) is 0 Å². The van der Waals surface area contributed by atoms with E-state index in [9.17, 15) is 0 Å². The number of methoxy groups -OCH3 is 1. The van der Waals surface area contributed by atoms with Crippen LogP contribution < -0.4 is 5.32 Å². The number of rotatable bonds is 7. The van der Waals surface area contributed by atoms with E-state index in [1.54, 1.807) is 13.3 Å². The lowest BCUT2D eigenvalue weighted by molar-refractivity contribution is 0.182. The highest BCUT2D eigenvalue weighted by Gasteiger charge is 2.21. The van der Waals surface area contributed by atoms with Crippen LogP contribution in [0.1, 0.15) is 24.2 Å². The van der Waals surface area contributed by atoms with Crippen molar-refractivity contribution in [2.45, 2.75) is 19.5 Å². The summed E-state index contributed by atoms with van der Waals surface area (Å²) in [4.78, 5) is 0. The predicted molar refractivity (Wildman–Crippen MR) is 86.1 cm³/mol. The first-order chi connectivity index (χ1) is 10.2. The molecule has 0 radical (unpaired) electrons. The summed E-state index contributed by atoms with van der Waals surface area (Å²) in [7, 11) is 1.67. The fourth-order valence-corrected chi connectivity index (χ4v) is 2.73. The highest BCUT2D eigenvalue weighted by atomic mass is 35.5. The molecular weight excluding hydrogens is 309 g/mol. The fourth-order valence-electron chi connectivity index (χ4n) is 2.28. The van der Waals surface area contributed by atoms with Crippen molar-refractivity contribution in [1.82, 2.24) is 15.1 Å². The van der Waals surface area contributed by atoms with Crippen LogP contribution in [0, 0.1) is 0 Å². The van der Waals surface area contributed by atoms with E-state index in [1.165, 1.54) is 0 Å². The van der Waals surface area contributed by atoms with E-state index in [2.05, 4.69) is 17.3 Å². The van der Waals surface area contributed by atoms with Gasteiger partial charge in [-0.3, -0.25) is 4.68 Å². The van der Waals surface area contributed by atoms with Gasteiger partial charge in [-0.2, -0.15) is 5.10 Å². The molecule has 0 bridgehead atoms. The Morgan fingerprint density at radius 3 is 2.86 bits per heavy atom. The Labute approximate surface area is 135 Å². The van der Waals surface area contributed by atoms with Crippen LogP contribution in [0.5, 0.6) is 0 Å². The smallest absolute Gasteiger partial charge is 0.0837 e. The molecule has 1 aromatic carbocycles. The molecule has 0 fully saturated rings. The zero-order valence-corrected chi connectivity index (χ0v) is 13.7. The molecule has 21 heavy (non-hydrogen) atoms. The summed E-state index contributed by atoms with van der Waals surface area (Å²) in [5.74, 6) is 0. The van der Waals surface area contributed by atoms with Crippen molar-refractivity contribution in [2.24, 2.45) is 0 Å². The number of halogens is 2. The molecule has 1 N–H and O–H groups in total. The fraction of sp³-hybridized carbons (Fsp3) is 0.400. The van der Waals surface area contributed by atoms with Crippen LogP contribution in [-0.2, 0) is 11.3 Å². The van der Waals surface area contributed by atoms with Crippen molar-refractivity contribution >= 4 is 23.2 Å². The maximum Gasteiger partial charge on any atom is 0.0837 e. The predicted octanol–water partition coefficient (Wildman–Crippen LogP) is 3.54. The highest BCUT2D eigenvalue weighted by molar-refractivity contribution is 6.31. The van der Waals surface area contributed by atoms with Gasteiger partial charge in [-0.05, 0) is 24.2 Å². The average molecular weight is 328 g/mol. The number of hydrogen-bond donors (Lipinski definition) is 1. The SMILES string of the molecule is CCNC(c1cccc(Cl)c1)c1c(Cl)cnn1CCOC. The Morgan fingerprint density at radius 1 is 1.38 bits per heavy atom. The molecule has 4 nitrogen and oxygen atoms in total. The molecule has 0 saturated carbocycles. The van der Waals surface area contributed by atoms with Gasteiger partial charge < -0.3 is 10.1 Å². The van der Waals surface area contributed by atoms with Gasteiger partial charge in [-0.25, -0.2) is 0 Å². The van der Waals surface area contributed by atoms with Crippen LogP contribution in [0.3, 0.4) is 0 Å². The van der Waals surface area contributed by atoms with E-state index in [-0.39, 0.29) is 6.04 Å². The summed E-state index contributed by atoms with van der Waals surface area (Å²) in [5.41, 5.74) is 1.99. The van der Waals surface area contributed by atoms with Gasteiger partial charge in [0, 0.05) is 12.1 Å². The van der Waals surface area contributed by atoms with Crippen LogP contribution >= 0.6 is 23.2 Å². The van der Waals surface area contributed by atoms with Crippen molar-refractivity contribution in [3.05, 3.63) is 51.8 Å². The minimum atomic E-state index is -0.0550. The lowest BCUT2D eigenvalue weighted by atomic mass is 10.0. The Kier molecular flexibility index (Phi) is 6.06. The van der Waals surface area contributed by atoms with Gasteiger partial charge in [0.05, 0.1) is 36.1 Å². The molecule has 1 heterocycles. The number of hydrogen-bond acceptors (Lipinski definition) is 3. The Balaban J connectivity index is 2.40. The van der Waals surface area contributed by atoms with Crippen LogP contribution in [0.15, 0.2) is 30.5 Å². The molecule has 2 rings (SSSR count). The molecule has 0 amide bonds. The van der Waals surface area contributed by atoms with Crippen molar-refractivity contribution in [1.29, 1.82) is 0 Å². The molecule has 6 heteroatoms. The summed E-state index contributed by atoms with van der Waals surface area (Å²) < 4.78 is 7.00. The monoisotopic (exact) mass is 327 g/mol. The second-order valence-corrected chi connectivity index (χ2v) is 5.48. The van der Waals surface area contributed by atoms with Crippen LogP contribution in [0.2, 0.25) is 10.0 Å². The first kappa shape index (κ1) is 16.3. The summed E-state index contributed by atoms with van der Waals surface area (Å²) in [6.45, 7) is 4.10. The molecule has 0 aliphatic heterocycles. The van der Waals surface area contributed by atoms with Gasteiger partial charge >= 0.3 is 0 Å². The Hall–Kier alpha value is -1.07. The lowest BCUT2D eigenvalue weighted by Crippen LogP contribution is -2.26. The second kappa shape index (κ2) is 7.80. The highest BCUT2D eigenvalue weighted by Crippen LogP contribution is 2.29. The molecule has 0 aliphatic carbocycles. The van der Waals surface area contributed by atoms with Crippen molar-refractivity contribution in [3.8, 4) is 0 Å². The first-order valence-electron chi connectivity index (χ1n) is 6.86. The largest absolute Gasteiger partial charge is 0.383 e. The van der Waals surface area contributed by atoms with Gasteiger partial charge in [0.15, 0.2) is 0 Å². The summed E-state index contributed by atoms with van der Waals surface area (Å²) >= 11 is 12.5. The first-order valence-corrected chi connectivity index (χ1v) is 7.62. The molecular formula is C15H19Cl2N3O. The van der Waals surface area contributed by atoms with Gasteiger partial charge in [-0.15, -0.1) is 0 Å². The van der Waals surface area contributed by atoms with Gasteiger partial charge in [0.2, 0.25) is 0 Å². The normalized spacial score (nSPS) is 12.6. The maximum atomic E-state index is 6.35. The number of ether oxygens (including phenoxy) is 1. The number of nitrogens with one attached hydrogen (secondary N) is 1. The van der Waals surface area contributed by atoms with E-state index in [1.807, 2.05) is 28.9 Å². The number of benzene rings is 1. The third-order valence-corrected chi connectivity index (χ3v) is 3.73. The van der Waals surface area contributed by atoms with E-state index in [0.717, 1.165) is 17.8 Å². The molecule has 2 aromatic rings. The Bertz CT molecular complexity index is 586. The quantitative estimate of drug-likeness (QED) is 0.845. The summed E-state index contributed by atoms with van der Waals surface area (Å²) in [5, 5.41) is 9.12. The summed E-state index contributed by atoms with van der Waals surface area (Å²) in [6, 6.07) is 7.71. The van der Waals surface area contributed by atoms with E-state index in [4.69, 9.17) is 27.9 Å². The van der Waals surface area contributed by atoms with Gasteiger partial charge in [0.1, 0.15) is 0 Å². The maximum absolute atomic E-state index is 6.35. The van der Waals surface area contributed by atoms with Crippen molar-refractivity contribution in [3.63, 3.8) is 0 Å². The molecule has 0 saturated heterocycles. The van der Waals surface area contributed by atoms with Crippen LogP contribution in [0.4, 0.5) is 0 Å². The Morgan fingerprint density at radius 2 is 2.19 bits per heavy atom. The molecule has 114 valence electrons. The molecule has 0 aliphatic rings. The van der Waals surface area contributed by atoms with E-state index in [0.29, 0.717) is 23.2 Å².